The summed E-state index contributed by atoms with van der Waals surface area (Å²) in [6.45, 7) is 2.27. The molecular weight excluding hydrogens is 611 g/mol. The Morgan fingerprint density at radius 3 is 1.84 bits per heavy atom. The van der Waals surface area contributed by atoms with Crippen molar-refractivity contribution in [1.82, 2.24) is 15.0 Å². The molecule has 50 heavy (non-hydrogen) atoms. The third kappa shape index (κ3) is 5.49. The summed E-state index contributed by atoms with van der Waals surface area (Å²) in [5.74, 6) is 3.40. The second kappa shape index (κ2) is 12.7. The Hall–Kier alpha value is -6.13. The first-order chi connectivity index (χ1) is 24.7. The predicted molar refractivity (Wildman–Crippen MR) is 204 cm³/mol. The van der Waals surface area contributed by atoms with E-state index in [1.54, 1.807) is 0 Å². The molecule has 2 aliphatic rings. The van der Waals surface area contributed by atoms with Gasteiger partial charge in [-0.25, -0.2) is 15.0 Å². The number of furan rings is 1. The fraction of sp³-hybridized carbons (Fsp3) is 0.109. The highest BCUT2D eigenvalue weighted by Crippen LogP contribution is 2.46. The molecule has 0 bridgehead atoms. The normalized spacial score (nSPS) is 16.5. The quantitative estimate of drug-likeness (QED) is 0.181. The molecule has 0 amide bonds. The Labute approximate surface area is 292 Å². The first-order valence-electron chi connectivity index (χ1n) is 17.4. The highest BCUT2D eigenvalue weighted by molar-refractivity contribution is 6.04. The second-order valence-electron chi connectivity index (χ2n) is 13.2. The van der Waals surface area contributed by atoms with Crippen LogP contribution in [-0.2, 0) is 0 Å². The minimum atomic E-state index is 0.0578. The van der Waals surface area contributed by atoms with Gasteiger partial charge in [0.1, 0.15) is 17.2 Å². The molecule has 0 fully saturated rings. The van der Waals surface area contributed by atoms with Gasteiger partial charge >= 0.3 is 0 Å². The smallest absolute Gasteiger partial charge is 0.165 e. The molecule has 0 radical (unpaired) electrons. The predicted octanol–water partition coefficient (Wildman–Crippen LogP) is 12.1. The molecule has 2 aliphatic carbocycles. The molecule has 9 rings (SSSR count). The Bertz CT molecular complexity index is 2420. The number of fused-ring (bicyclic) bond motifs is 3. The van der Waals surface area contributed by atoms with Crippen LogP contribution in [0.4, 0.5) is 0 Å². The van der Waals surface area contributed by atoms with Crippen LogP contribution < -0.4 is 0 Å². The van der Waals surface area contributed by atoms with E-state index >= 15 is 0 Å². The zero-order valence-corrected chi connectivity index (χ0v) is 27.8. The summed E-state index contributed by atoms with van der Waals surface area (Å²) >= 11 is 0. The van der Waals surface area contributed by atoms with Crippen LogP contribution in [0.25, 0.3) is 73.2 Å². The zero-order valence-electron chi connectivity index (χ0n) is 27.8. The molecule has 4 heteroatoms. The van der Waals surface area contributed by atoms with Crippen LogP contribution in [0.3, 0.4) is 0 Å². The van der Waals surface area contributed by atoms with Gasteiger partial charge in [-0.1, -0.05) is 146 Å². The molecule has 240 valence electrons. The van der Waals surface area contributed by atoms with Crippen LogP contribution in [-0.4, -0.2) is 15.0 Å². The molecule has 0 saturated carbocycles. The maximum atomic E-state index is 6.48. The van der Waals surface area contributed by atoms with Gasteiger partial charge in [0.15, 0.2) is 11.6 Å². The lowest BCUT2D eigenvalue weighted by molar-refractivity contribution is 0.586. The Morgan fingerprint density at radius 1 is 0.560 bits per heavy atom. The van der Waals surface area contributed by atoms with Crippen molar-refractivity contribution in [1.29, 1.82) is 0 Å². The SMILES string of the molecule is CC1CC=Cc2oc3ccc(-c4ccccc4)c(-c4nc(-c5ccc(-c6ccc(-c7ccccc7)cc6)cc5)nc(C5C=CC=CC5)n4)c3c21. The third-order valence-electron chi connectivity index (χ3n) is 9.92. The Balaban J connectivity index is 1.19. The van der Waals surface area contributed by atoms with Gasteiger partial charge in [0.05, 0.1) is 0 Å². The van der Waals surface area contributed by atoms with E-state index in [0.29, 0.717) is 17.6 Å². The maximum absolute atomic E-state index is 6.48. The maximum Gasteiger partial charge on any atom is 0.165 e. The number of aromatic nitrogens is 3. The van der Waals surface area contributed by atoms with Gasteiger partial charge in [0.25, 0.3) is 0 Å². The topological polar surface area (TPSA) is 51.8 Å². The molecular formula is C46H35N3O. The second-order valence-corrected chi connectivity index (χ2v) is 13.2. The minimum Gasteiger partial charge on any atom is -0.456 e. The summed E-state index contributed by atoms with van der Waals surface area (Å²) < 4.78 is 6.48. The standard InChI is InChI=1S/C46H35N3O/c1-30-12-11-19-39-41(30)43-40(50-39)29-28-38(35-15-7-3-8-16-35)42(43)46-48-44(36-17-9-4-10-18-36)47-45(49-46)37-26-24-34(25-27-37)33-22-20-32(21-23-33)31-13-5-2-6-14-31/h2-11,13-17,19-30,36H,12,18H2,1H3. The average molecular weight is 646 g/mol. The Kier molecular flexibility index (Phi) is 7.62. The lowest BCUT2D eigenvalue weighted by Gasteiger charge is -2.18. The number of hydrogen-bond acceptors (Lipinski definition) is 4. The van der Waals surface area contributed by atoms with E-state index in [1.165, 1.54) is 22.3 Å². The zero-order chi connectivity index (χ0) is 33.4. The molecule has 2 unspecified atom stereocenters. The fourth-order valence-corrected chi connectivity index (χ4v) is 7.30. The largest absolute Gasteiger partial charge is 0.456 e. The van der Waals surface area contributed by atoms with Crippen LogP contribution in [0.2, 0.25) is 0 Å². The summed E-state index contributed by atoms with van der Waals surface area (Å²) in [6, 6.07) is 42.6. The molecule has 0 N–H and O–H groups in total. The lowest BCUT2D eigenvalue weighted by atomic mass is 9.86. The van der Waals surface area contributed by atoms with Crippen molar-refractivity contribution in [3.63, 3.8) is 0 Å². The lowest BCUT2D eigenvalue weighted by Crippen LogP contribution is -2.08. The van der Waals surface area contributed by atoms with Crippen molar-refractivity contribution in [3.05, 3.63) is 169 Å². The van der Waals surface area contributed by atoms with Crippen LogP contribution >= 0.6 is 0 Å². The number of allylic oxidation sites excluding steroid dienone is 5. The highest BCUT2D eigenvalue weighted by Gasteiger charge is 2.28. The van der Waals surface area contributed by atoms with Crippen LogP contribution in [0.15, 0.2) is 156 Å². The van der Waals surface area contributed by atoms with Crippen LogP contribution in [0, 0.1) is 0 Å². The van der Waals surface area contributed by atoms with E-state index in [-0.39, 0.29) is 5.92 Å². The molecule has 7 aromatic rings. The number of nitrogens with zero attached hydrogens (tertiary/aromatic N) is 3. The average Bonchev–Trinajstić information content (AvgIpc) is 3.58. The van der Waals surface area contributed by atoms with Gasteiger partial charge in [-0.05, 0) is 70.3 Å². The van der Waals surface area contributed by atoms with E-state index in [2.05, 4.69) is 159 Å². The van der Waals surface area contributed by atoms with E-state index in [4.69, 9.17) is 19.4 Å². The number of rotatable bonds is 6. The van der Waals surface area contributed by atoms with E-state index in [9.17, 15) is 0 Å². The van der Waals surface area contributed by atoms with Gasteiger partial charge in [-0.15, -0.1) is 0 Å². The molecule has 5 aromatic carbocycles. The van der Waals surface area contributed by atoms with Crippen molar-refractivity contribution in [2.45, 2.75) is 31.6 Å². The summed E-state index contributed by atoms with van der Waals surface area (Å²) in [7, 11) is 0. The Morgan fingerprint density at radius 2 is 1.18 bits per heavy atom. The number of benzene rings is 5. The van der Waals surface area contributed by atoms with Crippen molar-refractivity contribution in [2.24, 2.45) is 0 Å². The molecule has 4 nitrogen and oxygen atoms in total. The van der Waals surface area contributed by atoms with E-state index < -0.39 is 0 Å². The third-order valence-corrected chi connectivity index (χ3v) is 9.92. The molecule has 0 aliphatic heterocycles. The highest BCUT2D eigenvalue weighted by atomic mass is 16.3. The summed E-state index contributed by atoms with van der Waals surface area (Å²) in [4.78, 5) is 15.7. The van der Waals surface area contributed by atoms with Crippen molar-refractivity contribution in [2.75, 3.05) is 0 Å². The molecule has 2 aromatic heterocycles. The van der Waals surface area contributed by atoms with Crippen molar-refractivity contribution >= 4 is 17.0 Å². The molecule has 2 atom stereocenters. The fourth-order valence-electron chi connectivity index (χ4n) is 7.30. The van der Waals surface area contributed by atoms with Crippen molar-refractivity contribution < 1.29 is 4.42 Å². The molecule has 0 spiro atoms. The summed E-state index contributed by atoms with van der Waals surface area (Å²) in [5, 5.41) is 1.09. The van der Waals surface area contributed by atoms with Crippen LogP contribution in [0.1, 0.15) is 48.7 Å². The van der Waals surface area contributed by atoms with Gasteiger partial charge in [-0.3, -0.25) is 0 Å². The first kappa shape index (κ1) is 30.0. The van der Waals surface area contributed by atoms with Gasteiger partial charge in [0, 0.05) is 28.0 Å². The van der Waals surface area contributed by atoms with Gasteiger partial charge < -0.3 is 4.42 Å². The van der Waals surface area contributed by atoms with Crippen LogP contribution in [0.5, 0.6) is 0 Å². The van der Waals surface area contributed by atoms with E-state index in [1.807, 2.05) is 6.07 Å². The molecule has 0 saturated heterocycles. The van der Waals surface area contributed by atoms with Crippen molar-refractivity contribution in [3.8, 4) is 56.2 Å². The first-order valence-corrected chi connectivity index (χ1v) is 17.4. The summed E-state index contributed by atoms with van der Waals surface area (Å²) in [5.41, 5.74) is 11.0. The monoisotopic (exact) mass is 645 g/mol. The molecule has 2 heterocycles. The summed E-state index contributed by atoms with van der Waals surface area (Å²) in [6.07, 6.45) is 14.7. The van der Waals surface area contributed by atoms with E-state index in [0.717, 1.165) is 63.2 Å². The minimum absolute atomic E-state index is 0.0578. The number of hydrogen-bond donors (Lipinski definition) is 0. The van der Waals surface area contributed by atoms with Gasteiger partial charge in [0.2, 0.25) is 0 Å². The van der Waals surface area contributed by atoms with Gasteiger partial charge in [-0.2, -0.15) is 0 Å².